The van der Waals surface area contributed by atoms with Crippen molar-refractivity contribution in [3.05, 3.63) is 92.9 Å². The van der Waals surface area contributed by atoms with Crippen LogP contribution in [0.2, 0.25) is 15.3 Å². The van der Waals surface area contributed by atoms with Gasteiger partial charge in [-0.2, -0.15) is 0 Å². The quantitative estimate of drug-likeness (QED) is 0.304. The van der Waals surface area contributed by atoms with Gasteiger partial charge in [-0.1, -0.05) is 64.8 Å². The highest BCUT2D eigenvalue weighted by molar-refractivity contribution is 6.30. The molecule has 4 rings (SSSR count). The van der Waals surface area contributed by atoms with Crippen LogP contribution in [0.4, 0.5) is 0 Å². The third kappa shape index (κ3) is 8.51. The van der Waals surface area contributed by atoms with Crippen LogP contribution in [0.3, 0.4) is 0 Å². The van der Waals surface area contributed by atoms with E-state index in [4.69, 9.17) is 39.9 Å². The average molecular weight is 547 g/mol. The Kier molecular flexibility index (Phi) is 9.68. The number of carbonyl (C=O) groups excluding carboxylic acids is 1. The smallest absolute Gasteiger partial charge is 0.354 e. The molecule has 2 heterocycles. The second kappa shape index (κ2) is 12.7. The number of halogens is 3. The molecular weight excluding hydrogens is 525 g/mol. The van der Waals surface area contributed by atoms with Crippen LogP contribution in [0, 0.1) is 11.8 Å². The number of aliphatic hydroxyl groups is 1. The summed E-state index contributed by atoms with van der Waals surface area (Å²) in [5.74, 6) is 4.57. The highest BCUT2D eigenvalue weighted by Crippen LogP contribution is 2.28. The molecule has 0 unspecified atom stereocenters. The van der Waals surface area contributed by atoms with Crippen molar-refractivity contribution in [1.29, 1.82) is 0 Å². The van der Waals surface area contributed by atoms with E-state index in [1.807, 2.05) is 12.1 Å². The van der Waals surface area contributed by atoms with E-state index in [0.29, 0.717) is 17.9 Å². The fraction of sp³-hybridized carbons (Fsp3) is 0.231. The molecule has 186 valence electrons. The first-order chi connectivity index (χ1) is 17.1. The molecule has 1 aromatic carbocycles. The Labute approximate surface area is 223 Å². The lowest BCUT2D eigenvalue weighted by Crippen LogP contribution is -2.45. The maximum Gasteiger partial charge on any atom is 0.354 e. The van der Waals surface area contributed by atoms with Crippen LogP contribution in [0.25, 0.3) is 0 Å². The molecule has 36 heavy (non-hydrogen) atoms. The molecule has 1 amide bonds. The third-order valence-corrected chi connectivity index (χ3v) is 5.86. The number of benzene rings is 1. The second-order valence-electron chi connectivity index (χ2n) is 8.05. The summed E-state index contributed by atoms with van der Waals surface area (Å²) in [6, 6.07) is 16.4. The summed E-state index contributed by atoms with van der Waals surface area (Å²) in [4.78, 5) is 30.1. The van der Waals surface area contributed by atoms with Crippen LogP contribution in [0.5, 0.6) is 0 Å². The Morgan fingerprint density at radius 2 is 1.61 bits per heavy atom. The van der Waals surface area contributed by atoms with E-state index >= 15 is 0 Å². The fourth-order valence-corrected chi connectivity index (χ4v) is 4.08. The lowest BCUT2D eigenvalue weighted by molar-refractivity contribution is 0.0451. The number of amides is 1. The van der Waals surface area contributed by atoms with Gasteiger partial charge in [0.15, 0.2) is 0 Å². The number of hydrogen-bond acceptors (Lipinski definition) is 5. The molecule has 1 saturated carbocycles. The van der Waals surface area contributed by atoms with Crippen molar-refractivity contribution in [3.63, 3.8) is 0 Å². The zero-order chi connectivity index (χ0) is 26.1. The maximum atomic E-state index is 12.3. The van der Waals surface area contributed by atoms with Gasteiger partial charge in [-0.05, 0) is 61.7 Å². The Hall–Kier alpha value is -3.15. The van der Waals surface area contributed by atoms with E-state index in [2.05, 4.69) is 27.1 Å². The molecule has 10 heteroatoms. The summed E-state index contributed by atoms with van der Waals surface area (Å²) in [6.07, 6.45) is 2.50. The van der Waals surface area contributed by atoms with Crippen LogP contribution in [0.15, 0.2) is 60.7 Å². The number of nitrogens with one attached hydrogen (secondary N) is 1. The highest BCUT2D eigenvalue weighted by Gasteiger charge is 2.33. The van der Waals surface area contributed by atoms with Crippen molar-refractivity contribution in [2.24, 2.45) is 0 Å². The van der Waals surface area contributed by atoms with Crippen LogP contribution in [-0.4, -0.2) is 43.7 Å². The largest absolute Gasteiger partial charge is 0.477 e. The number of pyridine rings is 2. The number of carboxylic acids is 1. The van der Waals surface area contributed by atoms with Crippen LogP contribution in [-0.2, 0) is 0 Å². The first-order valence-electron chi connectivity index (χ1n) is 10.9. The predicted octanol–water partition coefficient (Wildman–Crippen LogP) is 5.28. The number of carboxylic acid groups (broad SMARTS) is 1. The van der Waals surface area contributed by atoms with E-state index < -0.39 is 11.6 Å². The molecule has 0 spiro atoms. The Balaban J connectivity index is 0.000000303. The number of aromatic nitrogens is 2. The summed E-state index contributed by atoms with van der Waals surface area (Å²) in [5.41, 5.74) is -0.162. The zero-order valence-corrected chi connectivity index (χ0v) is 21.2. The number of carbonyl (C=O) groups is 2. The monoisotopic (exact) mass is 545 g/mol. The van der Waals surface area contributed by atoms with E-state index in [-0.39, 0.29) is 33.6 Å². The molecule has 2 aromatic heterocycles. The Bertz CT molecular complexity index is 1310. The minimum Gasteiger partial charge on any atom is -0.477 e. The maximum absolute atomic E-state index is 12.3. The van der Waals surface area contributed by atoms with Crippen LogP contribution >= 0.6 is 34.8 Å². The molecule has 3 N–H and O–H groups in total. The Morgan fingerprint density at radius 1 is 0.972 bits per heavy atom. The molecule has 2 atom stereocenters. The van der Waals surface area contributed by atoms with Crippen LogP contribution < -0.4 is 5.32 Å². The van der Waals surface area contributed by atoms with Crippen LogP contribution in [0.1, 0.15) is 52.2 Å². The molecule has 1 fully saturated rings. The van der Waals surface area contributed by atoms with Gasteiger partial charge in [0, 0.05) is 23.0 Å². The second-order valence-corrected chi connectivity index (χ2v) is 9.27. The predicted molar refractivity (Wildman–Crippen MR) is 138 cm³/mol. The summed E-state index contributed by atoms with van der Waals surface area (Å²) in [7, 11) is 0. The summed E-state index contributed by atoms with van der Waals surface area (Å²) in [5, 5.41) is 23.2. The van der Waals surface area contributed by atoms with Crippen molar-refractivity contribution in [3.8, 4) is 11.8 Å². The van der Waals surface area contributed by atoms with Gasteiger partial charge >= 0.3 is 5.97 Å². The summed E-state index contributed by atoms with van der Waals surface area (Å²) in [6.45, 7) is 0. The van der Waals surface area contributed by atoms with Crippen molar-refractivity contribution < 1.29 is 19.8 Å². The van der Waals surface area contributed by atoms with Crippen molar-refractivity contribution in [2.45, 2.75) is 37.3 Å². The van der Waals surface area contributed by atoms with Gasteiger partial charge in [-0.3, -0.25) is 4.79 Å². The van der Waals surface area contributed by atoms with Gasteiger partial charge in [0.25, 0.3) is 5.91 Å². The number of nitrogens with zero attached hydrogens (tertiary/aromatic N) is 2. The molecule has 0 bridgehead atoms. The minimum absolute atomic E-state index is 0.0347. The number of hydrogen-bond donors (Lipinski definition) is 3. The lowest BCUT2D eigenvalue weighted by Gasteiger charge is -2.33. The first-order valence-corrected chi connectivity index (χ1v) is 12.1. The number of aromatic carboxylic acids is 1. The molecule has 0 aliphatic heterocycles. The van der Waals surface area contributed by atoms with E-state index in [9.17, 15) is 14.7 Å². The molecule has 3 aromatic rings. The van der Waals surface area contributed by atoms with Gasteiger partial charge < -0.3 is 15.5 Å². The topological polar surface area (TPSA) is 112 Å². The zero-order valence-electron chi connectivity index (χ0n) is 18.9. The van der Waals surface area contributed by atoms with Gasteiger partial charge in [0.2, 0.25) is 0 Å². The van der Waals surface area contributed by atoms with Gasteiger partial charge in [0.1, 0.15) is 27.3 Å². The summed E-state index contributed by atoms with van der Waals surface area (Å²) < 4.78 is 0. The molecule has 1 aliphatic carbocycles. The lowest BCUT2D eigenvalue weighted by atomic mass is 9.82. The Morgan fingerprint density at radius 3 is 2.22 bits per heavy atom. The number of rotatable bonds is 3. The van der Waals surface area contributed by atoms with Gasteiger partial charge in [-0.25, -0.2) is 14.8 Å². The van der Waals surface area contributed by atoms with Crippen molar-refractivity contribution in [1.82, 2.24) is 15.3 Å². The minimum atomic E-state index is -1.14. The standard InChI is InChI=1S/C20H18Cl2N2O2.C6H4ClNO2/c21-15-5-1-4-14(12-15)9-11-20(26)10-3-6-16(13-20)23-19(25)17-7-2-8-18(22)24-17;7-5-3-1-2-4(8-5)6(9)10/h1-2,4-5,7-8,12,16,26H,3,6,10,13H2,(H,23,25);1-3H,(H,9,10)/t16-,20+;/m1./s1. The summed E-state index contributed by atoms with van der Waals surface area (Å²) >= 11 is 17.2. The van der Waals surface area contributed by atoms with Crippen molar-refractivity contribution >= 4 is 46.7 Å². The normalized spacial score (nSPS) is 18.6. The fourth-order valence-electron chi connectivity index (χ4n) is 3.57. The van der Waals surface area contributed by atoms with E-state index in [1.54, 1.807) is 36.4 Å². The third-order valence-electron chi connectivity index (χ3n) is 5.21. The van der Waals surface area contributed by atoms with Crippen molar-refractivity contribution in [2.75, 3.05) is 0 Å². The SMILES string of the molecule is O=C(N[C@@H]1CCC[C@](O)(C#Cc2cccc(Cl)c2)C1)c1cccc(Cl)n1.O=C(O)c1cccc(Cl)n1. The highest BCUT2D eigenvalue weighted by atomic mass is 35.5. The molecule has 0 saturated heterocycles. The molecule has 1 aliphatic rings. The molecular formula is C26H22Cl3N3O4. The van der Waals surface area contributed by atoms with E-state index in [0.717, 1.165) is 18.4 Å². The molecule has 0 radical (unpaired) electrons. The molecule has 7 nitrogen and oxygen atoms in total. The average Bonchev–Trinajstić information content (AvgIpc) is 2.83. The van der Waals surface area contributed by atoms with E-state index in [1.165, 1.54) is 12.1 Å². The van der Waals surface area contributed by atoms with Gasteiger partial charge in [0.05, 0.1) is 0 Å². The van der Waals surface area contributed by atoms with Gasteiger partial charge in [-0.15, -0.1) is 0 Å². The first kappa shape index (κ1) is 27.4.